The van der Waals surface area contributed by atoms with Crippen LogP contribution in [-0.4, -0.2) is 42.6 Å². The van der Waals surface area contributed by atoms with E-state index in [1.165, 1.54) is 16.8 Å². The van der Waals surface area contributed by atoms with Crippen LogP contribution in [0.5, 0.6) is 0 Å². The van der Waals surface area contributed by atoms with Crippen molar-refractivity contribution in [3.63, 3.8) is 0 Å². The summed E-state index contributed by atoms with van der Waals surface area (Å²) < 4.78 is 41.2. The number of para-hydroxylation sites is 1. The fourth-order valence-electron chi connectivity index (χ4n) is 4.01. The molecule has 2 amide bonds. The van der Waals surface area contributed by atoms with Crippen LogP contribution >= 0.6 is 11.6 Å². The van der Waals surface area contributed by atoms with Crippen molar-refractivity contribution in [3.05, 3.63) is 87.5 Å². The van der Waals surface area contributed by atoms with Crippen molar-refractivity contribution >= 4 is 29.1 Å². The molecule has 5 rings (SSSR count). The number of nitrogens with zero attached hydrogens (tertiary/aromatic N) is 6. The van der Waals surface area contributed by atoms with Crippen molar-refractivity contribution < 1.29 is 22.8 Å². The first-order chi connectivity index (χ1) is 19.0. The van der Waals surface area contributed by atoms with Crippen LogP contribution in [0.2, 0.25) is 5.02 Å². The number of alkyl halides is 3. The lowest BCUT2D eigenvalue weighted by atomic mass is 10.0. The van der Waals surface area contributed by atoms with Gasteiger partial charge in [-0.15, -0.1) is 5.10 Å². The standard InChI is InChI=1S/C26H20ClF3N8O2/c1-14-8-15(11-31)9-18(24(39)32-16-6-7-16)23(14)33-25(40)21-10-17(12-37-13-22(34-36-37)26(28,29)30)35-38(21)20-5-3-2-4-19(20)27/h2-5,8-10,13,16H,6-7,12H2,1H3,(H,32,39)(H,33,40). The smallest absolute Gasteiger partial charge is 0.349 e. The summed E-state index contributed by atoms with van der Waals surface area (Å²) in [5.74, 6) is -1.09. The molecule has 10 nitrogen and oxygen atoms in total. The number of rotatable bonds is 7. The van der Waals surface area contributed by atoms with E-state index >= 15 is 0 Å². The summed E-state index contributed by atoms with van der Waals surface area (Å²) in [6.45, 7) is 1.44. The third-order valence-corrected chi connectivity index (χ3v) is 6.41. The lowest BCUT2D eigenvalue weighted by Gasteiger charge is -2.15. The van der Waals surface area contributed by atoms with Crippen LogP contribution in [-0.2, 0) is 12.7 Å². The highest BCUT2D eigenvalue weighted by Crippen LogP contribution is 2.29. The zero-order chi connectivity index (χ0) is 28.6. The number of hydrogen-bond acceptors (Lipinski definition) is 6. The molecule has 0 bridgehead atoms. The summed E-state index contributed by atoms with van der Waals surface area (Å²) >= 11 is 6.37. The molecule has 204 valence electrons. The molecule has 0 aliphatic heterocycles. The first-order valence-corrected chi connectivity index (χ1v) is 12.4. The summed E-state index contributed by atoms with van der Waals surface area (Å²) in [6, 6.07) is 13.0. The second kappa shape index (κ2) is 10.5. The summed E-state index contributed by atoms with van der Waals surface area (Å²) in [6.07, 6.45) is -2.23. The molecule has 1 saturated carbocycles. The minimum absolute atomic E-state index is 0.00318. The number of hydrogen-bond donors (Lipinski definition) is 2. The molecular weight excluding hydrogens is 549 g/mol. The third kappa shape index (κ3) is 5.67. The Morgan fingerprint density at radius 3 is 2.58 bits per heavy atom. The maximum atomic E-state index is 13.6. The van der Waals surface area contributed by atoms with Gasteiger partial charge >= 0.3 is 6.18 Å². The minimum Gasteiger partial charge on any atom is -0.349 e. The van der Waals surface area contributed by atoms with Crippen LogP contribution in [0, 0.1) is 18.3 Å². The Labute approximate surface area is 230 Å². The van der Waals surface area contributed by atoms with E-state index in [1.54, 1.807) is 37.3 Å². The molecule has 1 aliphatic carbocycles. The van der Waals surface area contributed by atoms with Gasteiger partial charge in [0.1, 0.15) is 5.69 Å². The predicted molar refractivity (Wildman–Crippen MR) is 137 cm³/mol. The molecule has 0 saturated heterocycles. The van der Waals surface area contributed by atoms with Crippen molar-refractivity contribution in [2.75, 3.05) is 5.32 Å². The number of benzene rings is 2. The zero-order valence-electron chi connectivity index (χ0n) is 20.8. The fraction of sp³-hybridized carbons (Fsp3) is 0.231. The van der Waals surface area contributed by atoms with Gasteiger partial charge in [-0.2, -0.15) is 23.5 Å². The Morgan fingerprint density at radius 1 is 1.18 bits per heavy atom. The molecule has 14 heteroatoms. The highest BCUT2D eigenvalue weighted by Gasteiger charge is 2.34. The summed E-state index contributed by atoms with van der Waals surface area (Å²) in [4.78, 5) is 26.6. The Kier molecular flexibility index (Phi) is 7.03. The minimum atomic E-state index is -4.66. The molecule has 4 aromatic rings. The molecule has 0 atom stereocenters. The van der Waals surface area contributed by atoms with E-state index in [4.69, 9.17) is 11.6 Å². The number of carbonyl (C=O) groups is 2. The third-order valence-electron chi connectivity index (χ3n) is 6.09. The largest absolute Gasteiger partial charge is 0.436 e. The molecule has 2 aromatic carbocycles. The van der Waals surface area contributed by atoms with Gasteiger partial charge in [0.15, 0.2) is 5.69 Å². The number of aryl methyl sites for hydroxylation is 1. The van der Waals surface area contributed by atoms with Crippen LogP contribution < -0.4 is 10.6 Å². The van der Waals surface area contributed by atoms with Crippen molar-refractivity contribution in [3.8, 4) is 11.8 Å². The Bertz CT molecular complexity index is 1670. The average Bonchev–Trinajstić information content (AvgIpc) is 3.41. The van der Waals surface area contributed by atoms with Gasteiger partial charge in [0, 0.05) is 6.04 Å². The molecule has 2 aromatic heterocycles. The molecule has 2 N–H and O–H groups in total. The second-order valence-corrected chi connectivity index (χ2v) is 9.62. The van der Waals surface area contributed by atoms with Crippen molar-refractivity contribution in [1.82, 2.24) is 30.1 Å². The number of aromatic nitrogens is 5. The van der Waals surface area contributed by atoms with Gasteiger partial charge in [-0.05, 0) is 55.7 Å². The van der Waals surface area contributed by atoms with E-state index in [-0.39, 0.29) is 45.8 Å². The van der Waals surface area contributed by atoms with Gasteiger partial charge < -0.3 is 10.6 Å². The lowest BCUT2D eigenvalue weighted by molar-refractivity contribution is -0.141. The van der Waals surface area contributed by atoms with Crippen molar-refractivity contribution in [1.29, 1.82) is 5.26 Å². The number of carbonyl (C=O) groups excluding carboxylic acids is 2. The van der Waals surface area contributed by atoms with E-state index in [0.29, 0.717) is 11.3 Å². The van der Waals surface area contributed by atoms with Crippen LogP contribution in [0.25, 0.3) is 5.69 Å². The van der Waals surface area contributed by atoms with Gasteiger partial charge in [-0.3, -0.25) is 9.59 Å². The molecule has 0 spiro atoms. The fourth-order valence-corrected chi connectivity index (χ4v) is 4.23. The molecule has 0 unspecified atom stereocenters. The van der Waals surface area contributed by atoms with Crippen LogP contribution in [0.15, 0.2) is 48.7 Å². The first-order valence-electron chi connectivity index (χ1n) is 12.0. The van der Waals surface area contributed by atoms with Gasteiger partial charge in [-0.1, -0.05) is 28.9 Å². The summed E-state index contributed by atoms with van der Waals surface area (Å²) in [5, 5.41) is 26.3. The number of nitrogens with one attached hydrogen (secondary N) is 2. The second-order valence-electron chi connectivity index (χ2n) is 9.21. The molecule has 2 heterocycles. The van der Waals surface area contributed by atoms with E-state index in [0.717, 1.165) is 23.7 Å². The maximum Gasteiger partial charge on any atom is 0.436 e. The molecule has 0 radical (unpaired) electrons. The molecular formula is C26H20ClF3N8O2. The van der Waals surface area contributed by atoms with Crippen molar-refractivity contribution in [2.24, 2.45) is 0 Å². The van der Waals surface area contributed by atoms with Crippen LogP contribution in [0.4, 0.5) is 18.9 Å². The predicted octanol–water partition coefficient (Wildman–Crippen LogP) is 4.51. The van der Waals surface area contributed by atoms with E-state index in [9.17, 15) is 28.0 Å². The van der Waals surface area contributed by atoms with Gasteiger partial charge in [0.25, 0.3) is 11.8 Å². The summed E-state index contributed by atoms with van der Waals surface area (Å²) in [7, 11) is 0. The Morgan fingerprint density at radius 2 is 1.93 bits per heavy atom. The molecule has 1 aliphatic rings. The molecule has 40 heavy (non-hydrogen) atoms. The van der Waals surface area contributed by atoms with E-state index in [2.05, 4.69) is 26.0 Å². The van der Waals surface area contributed by atoms with Gasteiger partial charge in [0.05, 0.1) is 52.0 Å². The van der Waals surface area contributed by atoms with Gasteiger partial charge in [-0.25, -0.2) is 9.36 Å². The first kappa shape index (κ1) is 26.9. The average molecular weight is 569 g/mol. The zero-order valence-corrected chi connectivity index (χ0v) is 21.6. The number of halogens is 4. The Balaban J connectivity index is 1.52. The van der Waals surface area contributed by atoms with Crippen LogP contribution in [0.3, 0.4) is 0 Å². The van der Waals surface area contributed by atoms with E-state index < -0.39 is 23.7 Å². The summed E-state index contributed by atoms with van der Waals surface area (Å²) in [5.41, 5.74) is 0.460. The number of amides is 2. The topological polar surface area (TPSA) is 131 Å². The van der Waals surface area contributed by atoms with Crippen molar-refractivity contribution in [2.45, 2.75) is 38.5 Å². The maximum absolute atomic E-state index is 13.6. The number of anilines is 1. The van der Waals surface area contributed by atoms with E-state index in [1.807, 2.05) is 6.07 Å². The highest BCUT2D eigenvalue weighted by molar-refractivity contribution is 6.32. The molecule has 1 fully saturated rings. The normalized spacial score (nSPS) is 13.1. The Hall–Kier alpha value is -4.70. The SMILES string of the molecule is Cc1cc(C#N)cc(C(=O)NC2CC2)c1NC(=O)c1cc(Cn2cc(C(F)(F)F)nn2)nn1-c1ccccc1Cl. The van der Waals surface area contributed by atoms with Crippen LogP contribution in [0.1, 0.15) is 56.2 Å². The quantitative estimate of drug-likeness (QED) is 0.337. The monoisotopic (exact) mass is 568 g/mol. The van der Waals surface area contributed by atoms with Gasteiger partial charge in [0.2, 0.25) is 0 Å². The number of nitriles is 1. The highest BCUT2D eigenvalue weighted by atomic mass is 35.5. The lowest BCUT2D eigenvalue weighted by Crippen LogP contribution is -2.28.